The molecule has 1 saturated carbocycles. The van der Waals surface area contributed by atoms with E-state index in [0.29, 0.717) is 12.0 Å². The summed E-state index contributed by atoms with van der Waals surface area (Å²) >= 11 is 5.66. The highest BCUT2D eigenvalue weighted by molar-refractivity contribution is 6.19. The molecule has 1 aromatic rings. The van der Waals surface area contributed by atoms with E-state index in [0.717, 1.165) is 35.8 Å². The first kappa shape index (κ1) is 16.0. The molecule has 0 bridgehead atoms. The summed E-state index contributed by atoms with van der Waals surface area (Å²) in [5, 5.41) is 0. The summed E-state index contributed by atoms with van der Waals surface area (Å²) in [6, 6.07) is 5.78. The maximum absolute atomic E-state index is 6.21. The van der Waals surface area contributed by atoms with Gasteiger partial charge in [-0.2, -0.15) is 0 Å². The van der Waals surface area contributed by atoms with Gasteiger partial charge in [0, 0.05) is 0 Å². The Balaban J connectivity index is 2.14. The van der Waals surface area contributed by atoms with Crippen LogP contribution in [-0.2, 0) is 0 Å². The third-order valence-corrected chi connectivity index (χ3v) is 4.22. The van der Waals surface area contributed by atoms with Crippen LogP contribution >= 0.6 is 11.6 Å². The van der Waals surface area contributed by atoms with Crippen molar-refractivity contribution < 1.29 is 9.47 Å². The van der Waals surface area contributed by atoms with Crippen LogP contribution in [0.1, 0.15) is 44.6 Å². The van der Waals surface area contributed by atoms with E-state index in [2.05, 4.69) is 18.8 Å². The second-order valence-electron chi connectivity index (χ2n) is 5.48. The van der Waals surface area contributed by atoms with Gasteiger partial charge >= 0.3 is 0 Å². The highest BCUT2D eigenvalue weighted by atomic mass is 35.5. The maximum Gasteiger partial charge on any atom is 0.135 e. The molecule has 2 rings (SSSR count). The number of ether oxygens (including phenoxy) is 2. The van der Waals surface area contributed by atoms with E-state index in [4.69, 9.17) is 21.1 Å². The minimum absolute atomic E-state index is 0.300. The van der Waals surface area contributed by atoms with Crippen LogP contribution in [0.5, 0.6) is 11.5 Å². The molecule has 2 atom stereocenters. The summed E-state index contributed by atoms with van der Waals surface area (Å²) in [6.07, 6.45) is 6.39. The average Bonchev–Trinajstić information content (AvgIpc) is 2.54. The molecule has 0 radical (unpaired) electrons. The fourth-order valence-corrected chi connectivity index (χ4v) is 2.93. The van der Waals surface area contributed by atoms with Crippen molar-refractivity contribution in [2.45, 2.75) is 45.1 Å². The van der Waals surface area contributed by atoms with Gasteiger partial charge < -0.3 is 9.47 Å². The van der Waals surface area contributed by atoms with Gasteiger partial charge in [-0.3, -0.25) is 0 Å². The summed E-state index contributed by atoms with van der Waals surface area (Å²) in [5.74, 6) is 8.70. The Morgan fingerprint density at radius 3 is 2.90 bits per heavy atom. The van der Waals surface area contributed by atoms with Crippen molar-refractivity contribution in [3.8, 4) is 23.3 Å². The second-order valence-corrected chi connectivity index (χ2v) is 5.75. The molecule has 0 aromatic heterocycles. The van der Waals surface area contributed by atoms with Crippen molar-refractivity contribution in [3.05, 3.63) is 23.8 Å². The molecule has 2 nitrogen and oxygen atoms in total. The Hall–Kier alpha value is -1.33. The average molecular weight is 307 g/mol. The zero-order chi connectivity index (χ0) is 15.1. The largest absolute Gasteiger partial charge is 0.497 e. The number of methoxy groups -OCH3 is 1. The number of rotatable bonds is 4. The van der Waals surface area contributed by atoms with Crippen molar-refractivity contribution in [3.63, 3.8) is 0 Å². The van der Waals surface area contributed by atoms with Gasteiger partial charge in [-0.15, -0.1) is 11.6 Å². The molecule has 0 saturated heterocycles. The first-order valence-electron chi connectivity index (χ1n) is 7.66. The fourth-order valence-electron chi connectivity index (χ4n) is 2.86. The summed E-state index contributed by atoms with van der Waals surface area (Å²) in [4.78, 5) is 0. The van der Waals surface area contributed by atoms with Crippen LogP contribution < -0.4 is 9.47 Å². The molecule has 0 N–H and O–H groups in total. The molecule has 1 fully saturated rings. The lowest BCUT2D eigenvalue weighted by Gasteiger charge is -2.29. The molecule has 0 spiro atoms. The minimum atomic E-state index is 0.300. The molecule has 3 heteroatoms. The van der Waals surface area contributed by atoms with Gasteiger partial charge in [-0.1, -0.05) is 31.6 Å². The lowest BCUT2D eigenvalue weighted by Crippen LogP contribution is -2.25. The molecule has 1 aliphatic rings. The topological polar surface area (TPSA) is 18.5 Å². The van der Waals surface area contributed by atoms with Crippen LogP contribution in [0.15, 0.2) is 18.2 Å². The first-order chi connectivity index (χ1) is 10.3. The highest BCUT2D eigenvalue weighted by Crippen LogP contribution is 2.31. The number of halogens is 1. The van der Waals surface area contributed by atoms with E-state index in [-0.39, 0.29) is 0 Å². The van der Waals surface area contributed by atoms with E-state index in [1.807, 2.05) is 18.2 Å². The van der Waals surface area contributed by atoms with Crippen molar-refractivity contribution >= 4 is 11.6 Å². The molecular weight excluding hydrogens is 284 g/mol. The molecule has 0 amide bonds. The zero-order valence-electron chi connectivity index (χ0n) is 12.8. The molecule has 0 heterocycles. The standard InChI is InChI=1S/C18H23ClO2/c1-3-14-6-4-8-17(12-14)21-18-10-9-16(20-2)13-15(18)7-5-11-19/h9-10,13-14,17H,3-4,6,8,11-12H2,1-2H3. The van der Waals surface area contributed by atoms with Crippen LogP contribution in [0.4, 0.5) is 0 Å². The van der Waals surface area contributed by atoms with Crippen LogP contribution in [0.25, 0.3) is 0 Å². The summed E-state index contributed by atoms with van der Waals surface area (Å²) < 4.78 is 11.5. The van der Waals surface area contributed by atoms with Gasteiger partial charge in [0.25, 0.3) is 0 Å². The quantitative estimate of drug-likeness (QED) is 0.596. The fraction of sp³-hybridized carbons (Fsp3) is 0.556. The van der Waals surface area contributed by atoms with Gasteiger partial charge in [-0.25, -0.2) is 0 Å². The molecule has 2 unspecified atom stereocenters. The van der Waals surface area contributed by atoms with Crippen molar-refractivity contribution in [1.29, 1.82) is 0 Å². The minimum Gasteiger partial charge on any atom is -0.497 e. The van der Waals surface area contributed by atoms with E-state index >= 15 is 0 Å². The van der Waals surface area contributed by atoms with Crippen LogP contribution in [0.3, 0.4) is 0 Å². The van der Waals surface area contributed by atoms with Crippen LogP contribution in [0, 0.1) is 17.8 Å². The predicted octanol–water partition coefficient (Wildman–Crippen LogP) is 4.63. The highest BCUT2D eigenvalue weighted by Gasteiger charge is 2.22. The summed E-state index contributed by atoms with van der Waals surface area (Å²) in [5.41, 5.74) is 0.855. The Labute approximate surface area is 132 Å². The predicted molar refractivity (Wildman–Crippen MR) is 87.3 cm³/mol. The van der Waals surface area contributed by atoms with Gasteiger partial charge in [-0.05, 0) is 43.4 Å². The van der Waals surface area contributed by atoms with E-state index in [1.54, 1.807) is 7.11 Å². The molecule has 114 valence electrons. The third-order valence-electron chi connectivity index (χ3n) is 4.08. The summed E-state index contributed by atoms with van der Waals surface area (Å²) in [7, 11) is 1.65. The lowest BCUT2D eigenvalue weighted by molar-refractivity contribution is 0.121. The molecule has 21 heavy (non-hydrogen) atoms. The normalized spacial score (nSPS) is 21.3. The van der Waals surface area contributed by atoms with Crippen LogP contribution in [-0.4, -0.2) is 19.1 Å². The third kappa shape index (κ3) is 4.58. The number of benzene rings is 1. The van der Waals surface area contributed by atoms with E-state index < -0.39 is 0 Å². The molecule has 0 aliphatic heterocycles. The SMILES string of the molecule is CCC1CCCC(Oc2ccc(OC)cc2C#CCCl)C1. The van der Waals surface area contributed by atoms with Gasteiger partial charge in [0.2, 0.25) is 0 Å². The Morgan fingerprint density at radius 2 is 2.19 bits per heavy atom. The van der Waals surface area contributed by atoms with Gasteiger partial charge in [0.15, 0.2) is 0 Å². The number of alkyl halides is 1. The zero-order valence-corrected chi connectivity index (χ0v) is 13.6. The van der Waals surface area contributed by atoms with Gasteiger partial charge in [0.05, 0.1) is 24.7 Å². The Morgan fingerprint density at radius 1 is 1.33 bits per heavy atom. The van der Waals surface area contributed by atoms with Crippen LogP contribution in [0.2, 0.25) is 0 Å². The second kappa shape index (κ2) is 8.20. The number of hydrogen-bond acceptors (Lipinski definition) is 2. The monoisotopic (exact) mass is 306 g/mol. The molecule has 1 aliphatic carbocycles. The van der Waals surface area contributed by atoms with Gasteiger partial charge in [0.1, 0.15) is 11.5 Å². The van der Waals surface area contributed by atoms with E-state index in [1.165, 1.54) is 19.3 Å². The lowest BCUT2D eigenvalue weighted by atomic mass is 9.85. The molecular formula is C18H23ClO2. The van der Waals surface area contributed by atoms with Crippen molar-refractivity contribution in [2.75, 3.05) is 13.0 Å². The first-order valence-corrected chi connectivity index (χ1v) is 8.19. The van der Waals surface area contributed by atoms with E-state index in [9.17, 15) is 0 Å². The maximum atomic E-state index is 6.21. The Bertz CT molecular complexity index is 516. The van der Waals surface area contributed by atoms with Crippen molar-refractivity contribution in [1.82, 2.24) is 0 Å². The number of hydrogen-bond donors (Lipinski definition) is 0. The smallest absolute Gasteiger partial charge is 0.135 e. The van der Waals surface area contributed by atoms with Crippen molar-refractivity contribution in [2.24, 2.45) is 5.92 Å². The Kier molecular flexibility index (Phi) is 6.26. The summed E-state index contributed by atoms with van der Waals surface area (Å²) in [6.45, 7) is 2.26. The molecule has 1 aromatic carbocycles.